The molecule has 0 amide bonds. The van der Waals surface area contributed by atoms with Gasteiger partial charge in [0.25, 0.3) is 0 Å². The summed E-state index contributed by atoms with van der Waals surface area (Å²) < 4.78 is 0. The van der Waals surface area contributed by atoms with Gasteiger partial charge in [-0.2, -0.15) is 0 Å². The lowest BCUT2D eigenvalue weighted by atomic mass is 9.99. The van der Waals surface area contributed by atoms with Gasteiger partial charge in [-0.1, -0.05) is 12.8 Å². The fourth-order valence-corrected chi connectivity index (χ4v) is 2.50. The van der Waals surface area contributed by atoms with E-state index < -0.39 is 5.97 Å². The van der Waals surface area contributed by atoms with Crippen molar-refractivity contribution in [3.8, 4) is 0 Å². The zero-order valence-electron chi connectivity index (χ0n) is 10.4. The Morgan fingerprint density at radius 1 is 1.44 bits per heavy atom. The molecule has 0 saturated heterocycles. The number of aliphatic hydroxyl groups is 1. The van der Waals surface area contributed by atoms with Crippen LogP contribution < -0.4 is 5.32 Å². The molecule has 1 heterocycles. The molecular weight excluding hydrogens is 232 g/mol. The Morgan fingerprint density at radius 2 is 2.11 bits per heavy atom. The number of aliphatic hydroxyl groups excluding tert-OH is 1. The van der Waals surface area contributed by atoms with E-state index in [4.69, 9.17) is 5.11 Å². The highest BCUT2D eigenvalue weighted by Gasteiger charge is 2.33. The lowest BCUT2D eigenvalue weighted by Crippen LogP contribution is -2.39. The first-order valence-corrected chi connectivity index (χ1v) is 6.16. The Kier molecular flexibility index (Phi) is 3.52. The first kappa shape index (κ1) is 12.8. The number of aryl methyl sites for hydroxylation is 1. The summed E-state index contributed by atoms with van der Waals surface area (Å²) in [6.45, 7) is 1.75. The molecule has 1 fully saturated rings. The van der Waals surface area contributed by atoms with Crippen LogP contribution in [-0.4, -0.2) is 33.3 Å². The predicted molar refractivity (Wildman–Crippen MR) is 67.8 cm³/mol. The molecule has 0 bridgehead atoms. The van der Waals surface area contributed by atoms with Crippen molar-refractivity contribution in [3.05, 3.63) is 23.4 Å². The first-order chi connectivity index (χ1) is 8.56. The number of carboxylic acids is 1. The summed E-state index contributed by atoms with van der Waals surface area (Å²) in [5, 5.41) is 21.7. The summed E-state index contributed by atoms with van der Waals surface area (Å²) >= 11 is 0. The SMILES string of the molecule is Cc1nc(NC2(CO)CCCC2)ccc1C(=O)O. The van der Waals surface area contributed by atoms with Crippen LogP contribution in [0.5, 0.6) is 0 Å². The molecule has 5 heteroatoms. The van der Waals surface area contributed by atoms with Crippen molar-refractivity contribution in [2.75, 3.05) is 11.9 Å². The summed E-state index contributed by atoms with van der Waals surface area (Å²) in [4.78, 5) is 15.1. The van der Waals surface area contributed by atoms with E-state index in [1.165, 1.54) is 0 Å². The summed E-state index contributed by atoms with van der Waals surface area (Å²) in [5.41, 5.74) is 0.410. The van der Waals surface area contributed by atoms with Crippen LogP contribution in [0.1, 0.15) is 41.7 Å². The Labute approximate surface area is 106 Å². The Bertz CT molecular complexity index is 454. The van der Waals surface area contributed by atoms with Crippen LogP contribution in [0, 0.1) is 6.92 Å². The number of carbonyl (C=O) groups is 1. The summed E-state index contributed by atoms with van der Waals surface area (Å²) in [7, 11) is 0. The van der Waals surface area contributed by atoms with Gasteiger partial charge in [0.05, 0.1) is 23.4 Å². The lowest BCUT2D eigenvalue weighted by molar-refractivity contribution is 0.0695. The summed E-state index contributed by atoms with van der Waals surface area (Å²) in [6, 6.07) is 3.21. The number of hydrogen-bond donors (Lipinski definition) is 3. The Balaban J connectivity index is 2.19. The fourth-order valence-electron chi connectivity index (χ4n) is 2.50. The minimum atomic E-state index is -0.968. The quantitative estimate of drug-likeness (QED) is 0.759. The molecule has 3 N–H and O–H groups in total. The minimum absolute atomic E-state index is 0.0778. The van der Waals surface area contributed by atoms with Crippen molar-refractivity contribution >= 4 is 11.8 Å². The Hall–Kier alpha value is -1.62. The second-order valence-corrected chi connectivity index (χ2v) is 4.91. The average Bonchev–Trinajstić information content (AvgIpc) is 2.78. The van der Waals surface area contributed by atoms with Gasteiger partial charge in [-0.3, -0.25) is 0 Å². The van der Waals surface area contributed by atoms with E-state index in [9.17, 15) is 9.90 Å². The highest BCUT2D eigenvalue weighted by Crippen LogP contribution is 2.32. The smallest absolute Gasteiger partial charge is 0.337 e. The van der Waals surface area contributed by atoms with Gasteiger partial charge in [-0.25, -0.2) is 9.78 Å². The number of hydrogen-bond acceptors (Lipinski definition) is 4. The maximum absolute atomic E-state index is 10.9. The highest BCUT2D eigenvalue weighted by molar-refractivity contribution is 5.89. The fraction of sp³-hybridized carbons (Fsp3) is 0.538. The van der Waals surface area contributed by atoms with Crippen LogP contribution in [0.2, 0.25) is 0 Å². The van der Waals surface area contributed by atoms with Gasteiger partial charge in [-0.15, -0.1) is 0 Å². The predicted octanol–water partition coefficient (Wildman–Crippen LogP) is 1.81. The van der Waals surface area contributed by atoms with Crippen molar-refractivity contribution < 1.29 is 15.0 Å². The van der Waals surface area contributed by atoms with E-state index in [0.29, 0.717) is 11.5 Å². The first-order valence-electron chi connectivity index (χ1n) is 6.16. The van der Waals surface area contributed by atoms with Gasteiger partial charge in [0.15, 0.2) is 0 Å². The van der Waals surface area contributed by atoms with Crippen LogP contribution in [0.3, 0.4) is 0 Å². The van der Waals surface area contributed by atoms with Gasteiger partial charge in [0.1, 0.15) is 5.82 Å². The van der Waals surface area contributed by atoms with Gasteiger partial charge in [0, 0.05) is 0 Å². The van der Waals surface area contributed by atoms with E-state index >= 15 is 0 Å². The van der Waals surface area contributed by atoms with E-state index in [1.807, 2.05) is 0 Å². The van der Waals surface area contributed by atoms with Gasteiger partial charge < -0.3 is 15.5 Å². The molecule has 1 aromatic heterocycles. The standard InChI is InChI=1S/C13H18N2O3/c1-9-10(12(17)18)4-5-11(14-9)15-13(8-16)6-2-3-7-13/h4-5,16H,2-3,6-8H2,1H3,(H,14,15)(H,17,18). The van der Waals surface area contributed by atoms with E-state index in [1.54, 1.807) is 19.1 Å². The zero-order chi connectivity index (χ0) is 13.2. The maximum Gasteiger partial charge on any atom is 0.337 e. The van der Waals surface area contributed by atoms with E-state index in [0.717, 1.165) is 25.7 Å². The molecule has 0 aromatic carbocycles. The van der Waals surface area contributed by atoms with Crippen molar-refractivity contribution in [2.24, 2.45) is 0 Å². The molecule has 0 atom stereocenters. The molecule has 0 unspecified atom stereocenters. The second kappa shape index (κ2) is 4.94. The van der Waals surface area contributed by atoms with Crippen molar-refractivity contribution in [1.82, 2.24) is 4.98 Å². The molecule has 5 nitrogen and oxygen atoms in total. The molecule has 98 valence electrons. The maximum atomic E-state index is 10.9. The van der Waals surface area contributed by atoms with Gasteiger partial charge in [-0.05, 0) is 31.9 Å². The average molecular weight is 250 g/mol. The summed E-state index contributed by atoms with van der Waals surface area (Å²) in [6.07, 6.45) is 4.04. The lowest BCUT2D eigenvalue weighted by Gasteiger charge is -2.28. The molecular formula is C13H18N2O3. The molecule has 18 heavy (non-hydrogen) atoms. The molecule has 0 spiro atoms. The Morgan fingerprint density at radius 3 is 2.61 bits per heavy atom. The third kappa shape index (κ3) is 2.46. The van der Waals surface area contributed by atoms with Crippen molar-refractivity contribution in [2.45, 2.75) is 38.1 Å². The zero-order valence-corrected chi connectivity index (χ0v) is 10.4. The third-order valence-electron chi connectivity index (χ3n) is 3.57. The van der Waals surface area contributed by atoms with Crippen LogP contribution in [-0.2, 0) is 0 Å². The number of carboxylic acid groups (broad SMARTS) is 1. The van der Waals surface area contributed by atoms with E-state index in [2.05, 4.69) is 10.3 Å². The van der Waals surface area contributed by atoms with Crippen LogP contribution in [0.25, 0.3) is 0 Å². The molecule has 1 aliphatic carbocycles. The van der Waals surface area contributed by atoms with Crippen LogP contribution in [0.15, 0.2) is 12.1 Å². The van der Waals surface area contributed by atoms with Crippen molar-refractivity contribution in [1.29, 1.82) is 0 Å². The molecule has 2 rings (SSSR count). The highest BCUT2D eigenvalue weighted by atomic mass is 16.4. The number of nitrogens with one attached hydrogen (secondary N) is 1. The second-order valence-electron chi connectivity index (χ2n) is 4.91. The molecule has 1 aromatic rings. The van der Waals surface area contributed by atoms with Gasteiger partial charge in [0.2, 0.25) is 0 Å². The van der Waals surface area contributed by atoms with Crippen LogP contribution >= 0.6 is 0 Å². The van der Waals surface area contributed by atoms with Crippen LogP contribution in [0.4, 0.5) is 5.82 Å². The number of anilines is 1. The molecule has 0 radical (unpaired) electrons. The topological polar surface area (TPSA) is 82.5 Å². The number of aromatic carboxylic acids is 1. The molecule has 1 saturated carbocycles. The number of pyridine rings is 1. The third-order valence-corrected chi connectivity index (χ3v) is 3.57. The normalized spacial score (nSPS) is 17.7. The summed E-state index contributed by atoms with van der Waals surface area (Å²) in [5.74, 6) is -0.335. The minimum Gasteiger partial charge on any atom is -0.478 e. The molecule has 0 aliphatic heterocycles. The monoisotopic (exact) mass is 250 g/mol. The largest absolute Gasteiger partial charge is 0.478 e. The molecule has 1 aliphatic rings. The number of rotatable bonds is 4. The van der Waals surface area contributed by atoms with E-state index in [-0.39, 0.29) is 17.7 Å². The van der Waals surface area contributed by atoms with Crippen molar-refractivity contribution in [3.63, 3.8) is 0 Å². The number of aromatic nitrogens is 1. The number of nitrogens with zero attached hydrogens (tertiary/aromatic N) is 1. The van der Waals surface area contributed by atoms with Gasteiger partial charge >= 0.3 is 5.97 Å².